The fourth-order valence-electron chi connectivity index (χ4n) is 3.96. The molecular formula is C32H32O. The standard InChI is InChI=1S/C32H32O/c1-3-5-6-7-26-12-16-31-24-27(13-17-30(31)23-26)9-8-25-10-14-28(15-11-25)29-18-20-32(21-19-29)33-22-4-2/h10-21,23-24H,3-7,22H2,1-2H3. The molecule has 4 aromatic rings. The van der Waals surface area contributed by atoms with Crippen LogP contribution in [0.4, 0.5) is 0 Å². The Morgan fingerprint density at radius 2 is 1.24 bits per heavy atom. The lowest BCUT2D eigenvalue weighted by Crippen LogP contribution is -1.94. The predicted octanol–water partition coefficient (Wildman–Crippen LogP) is 8.43. The van der Waals surface area contributed by atoms with Crippen LogP contribution in [0.5, 0.6) is 5.75 Å². The topological polar surface area (TPSA) is 9.23 Å². The van der Waals surface area contributed by atoms with Crippen LogP contribution in [0.1, 0.15) is 56.2 Å². The Morgan fingerprint density at radius 3 is 1.97 bits per heavy atom. The summed E-state index contributed by atoms with van der Waals surface area (Å²) in [5, 5.41) is 2.55. The molecule has 0 N–H and O–H groups in total. The van der Waals surface area contributed by atoms with E-state index in [9.17, 15) is 0 Å². The largest absolute Gasteiger partial charge is 0.494 e. The second kappa shape index (κ2) is 11.4. The van der Waals surface area contributed by atoms with Crippen molar-refractivity contribution in [2.45, 2.75) is 46.0 Å². The molecule has 0 aliphatic carbocycles. The average Bonchev–Trinajstić information content (AvgIpc) is 2.87. The number of fused-ring (bicyclic) bond motifs is 1. The molecule has 166 valence electrons. The van der Waals surface area contributed by atoms with E-state index in [-0.39, 0.29) is 0 Å². The van der Waals surface area contributed by atoms with Crippen LogP contribution in [-0.4, -0.2) is 6.61 Å². The Morgan fingerprint density at radius 1 is 0.606 bits per heavy atom. The van der Waals surface area contributed by atoms with Crippen LogP contribution in [0, 0.1) is 11.8 Å². The molecule has 0 bridgehead atoms. The van der Waals surface area contributed by atoms with Crippen molar-refractivity contribution in [2.75, 3.05) is 6.61 Å². The van der Waals surface area contributed by atoms with Gasteiger partial charge in [0.15, 0.2) is 0 Å². The molecule has 0 heterocycles. The van der Waals surface area contributed by atoms with E-state index in [4.69, 9.17) is 4.74 Å². The van der Waals surface area contributed by atoms with Crippen molar-refractivity contribution in [3.8, 4) is 28.7 Å². The van der Waals surface area contributed by atoms with Crippen LogP contribution in [0.2, 0.25) is 0 Å². The molecule has 0 spiro atoms. The normalized spacial score (nSPS) is 10.6. The van der Waals surface area contributed by atoms with Gasteiger partial charge in [0.1, 0.15) is 5.75 Å². The van der Waals surface area contributed by atoms with Crippen molar-refractivity contribution >= 4 is 10.8 Å². The van der Waals surface area contributed by atoms with Crippen LogP contribution in [0.3, 0.4) is 0 Å². The van der Waals surface area contributed by atoms with E-state index >= 15 is 0 Å². The first-order valence-electron chi connectivity index (χ1n) is 12.1. The van der Waals surface area contributed by atoms with Gasteiger partial charge in [0.25, 0.3) is 0 Å². The average molecular weight is 433 g/mol. The highest BCUT2D eigenvalue weighted by Crippen LogP contribution is 2.23. The number of hydrogen-bond acceptors (Lipinski definition) is 1. The van der Waals surface area contributed by atoms with Gasteiger partial charge in [0.2, 0.25) is 0 Å². The third-order valence-corrected chi connectivity index (χ3v) is 5.87. The smallest absolute Gasteiger partial charge is 0.119 e. The number of benzene rings is 4. The van der Waals surface area contributed by atoms with Gasteiger partial charge in [0.05, 0.1) is 6.61 Å². The van der Waals surface area contributed by atoms with Gasteiger partial charge in [-0.2, -0.15) is 0 Å². The molecule has 0 aromatic heterocycles. The van der Waals surface area contributed by atoms with Gasteiger partial charge in [-0.1, -0.05) is 87.1 Å². The zero-order chi connectivity index (χ0) is 22.9. The van der Waals surface area contributed by atoms with Crippen LogP contribution in [-0.2, 0) is 6.42 Å². The van der Waals surface area contributed by atoms with E-state index in [0.717, 1.165) is 36.3 Å². The summed E-state index contributed by atoms with van der Waals surface area (Å²) in [5.41, 5.74) is 5.86. The van der Waals surface area contributed by atoms with E-state index in [2.05, 4.69) is 98.5 Å². The highest BCUT2D eigenvalue weighted by atomic mass is 16.5. The summed E-state index contributed by atoms with van der Waals surface area (Å²) in [6, 6.07) is 30.1. The Kier molecular flexibility index (Phi) is 7.83. The molecule has 4 aromatic carbocycles. The van der Waals surface area contributed by atoms with Crippen molar-refractivity contribution in [2.24, 2.45) is 0 Å². The minimum absolute atomic E-state index is 0.754. The van der Waals surface area contributed by atoms with Gasteiger partial charge in [-0.25, -0.2) is 0 Å². The third kappa shape index (κ3) is 6.27. The predicted molar refractivity (Wildman–Crippen MR) is 141 cm³/mol. The molecule has 33 heavy (non-hydrogen) atoms. The maximum absolute atomic E-state index is 5.67. The maximum atomic E-state index is 5.67. The van der Waals surface area contributed by atoms with Gasteiger partial charge < -0.3 is 4.74 Å². The minimum Gasteiger partial charge on any atom is -0.494 e. The lowest BCUT2D eigenvalue weighted by Gasteiger charge is -2.06. The molecule has 1 heteroatoms. The van der Waals surface area contributed by atoms with E-state index < -0.39 is 0 Å². The highest BCUT2D eigenvalue weighted by molar-refractivity contribution is 5.84. The molecule has 0 atom stereocenters. The zero-order valence-corrected chi connectivity index (χ0v) is 19.7. The summed E-state index contributed by atoms with van der Waals surface area (Å²) >= 11 is 0. The molecular weight excluding hydrogens is 400 g/mol. The second-order valence-electron chi connectivity index (χ2n) is 8.55. The molecule has 0 unspecified atom stereocenters. The molecule has 0 saturated carbocycles. The van der Waals surface area contributed by atoms with Crippen LogP contribution in [0.25, 0.3) is 21.9 Å². The summed E-state index contributed by atoms with van der Waals surface area (Å²) < 4.78 is 5.67. The number of aryl methyl sites for hydroxylation is 1. The maximum Gasteiger partial charge on any atom is 0.119 e. The second-order valence-corrected chi connectivity index (χ2v) is 8.55. The fourth-order valence-corrected chi connectivity index (χ4v) is 3.96. The molecule has 0 radical (unpaired) electrons. The van der Waals surface area contributed by atoms with Gasteiger partial charge in [0, 0.05) is 11.1 Å². The lowest BCUT2D eigenvalue weighted by atomic mass is 10.0. The van der Waals surface area contributed by atoms with Gasteiger partial charge in [-0.3, -0.25) is 0 Å². The first-order chi connectivity index (χ1) is 16.2. The van der Waals surface area contributed by atoms with E-state index in [1.165, 1.54) is 46.7 Å². The molecule has 0 aliphatic heterocycles. The van der Waals surface area contributed by atoms with E-state index in [0.29, 0.717) is 0 Å². The van der Waals surface area contributed by atoms with Crippen LogP contribution >= 0.6 is 0 Å². The first kappa shape index (κ1) is 22.7. The summed E-state index contributed by atoms with van der Waals surface area (Å²) in [5.74, 6) is 7.56. The number of unbranched alkanes of at least 4 members (excludes halogenated alkanes) is 2. The van der Waals surface area contributed by atoms with Crippen LogP contribution in [0.15, 0.2) is 84.9 Å². The Bertz CT molecular complexity index is 1240. The molecule has 0 amide bonds. The number of hydrogen-bond donors (Lipinski definition) is 0. The Balaban J connectivity index is 1.43. The third-order valence-electron chi connectivity index (χ3n) is 5.87. The van der Waals surface area contributed by atoms with Crippen molar-refractivity contribution in [1.82, 2.24) is 0 Å². The van der Waals surface area contributed by atoms with Crippen molar-refractivity contribution < 1.29 is 4.74 Å². The highest BCUT2D eigenvalue weighted by Gasteiger charge is 2.00. The quantitative estimate of drug-likeness (QED) is 0.200. The fraction of sp³-hybridized carbons (Fsp3) is 0.250. The summed E-state index contributed by atoms with van der Waals surface area (Å²) in [6.45, 7) is 5.12. The van der Waals surface area contributed by atoms with Crippen molar-refractivity contribution in [1.29, 1.82) is 0 Å². The molecule has 0 saturated heterocycles. The van der Waals surface area contributed by atoms with E-state index in [1.54, 1.807) is 0 Å². The van der Waals surface area contributed by atoms with Crippen LogP contribution < -0.4 is 4.74 Å². The summed E-state index contributed by atoms with van der Waals surface area (Å²) in [7, 11) is 0. The minimum atomic E-state index is 0.754. The molecule has 0 fully saturated rings. The summed E-state index contributed by atoms with van der Waals surface area (Å²) in [6.07, 6.45) is 6.01. The van der Waals surface area contributed by atoms with Gasteiger partial charge >= 0.3 is 0 Å². The number of ether oxygens (including phenoxy) is 1. The zero-order valence-electron chi connectivity index (χ0n) is 19.7. The van der Waals surface area contributed by atoms with Gasteiger partial charge in [-0.05, 0) is 83.1 Å². The summed E-state index contributed by atoms with van der Waals surface area (Å²) in [4.78, 5) is 0. The Hall–Kier alpha value is -3.50. The molecule has 4 rings (SSSR count). The molecule has 0 aliphatic rings. The van der Waals surface area contributed by atoms with Crippen molar-refractivity contribution in [3.63, 3.8) is 0 Å². The monoisotopic (exact) mass is 432 g/mol. The molecule has 1 nitrogen and oxygen atoms in total. The lowest BCUT2D eigenvalue weighted by molar-refractivity contribution is 0.317. The first-order valence-corrected chi connectivity index (χ1v) is 12.1. The van der Waals surface area contributed by atoms with Crippen molar-refractivity contribution in [3.05, 3.63) is 102 Å². The number of rotatable bonds is 8. The van der Waals surface area contributed by atoms with Gasteiger partial charge in [-0.15, -0.1) is 0 Å². The SMILES string of the molecule is CCCCCc1ccc2cc(C#Cc3ccc(-c4ccc(OCCC)cc4)cc3)ccc2c1. The Labute approximate surface area is 198 Å². The van der Waals surface area contributed by atoms with E-state index in [1.807, 2.05) is 12.1 Å².